The molecular weight excluding hydrogens is 351 g/mol. The summed E-state index contributed by atoms with van der Waals surface area (Å²) in [4.78, 5) is 8.63. The number of halogens is 3. The van der Waals surface area contributed by atoms with E-state index < -0.39 is 11.7 Å². The molecule has 1 aromatic rings. The van der Waals surface area contributed by atoms with Crippen molar-refractivity contribution in [3.05, 3.63) is 23.9 Å². The number of pyridine rings is 1. The first-order chi connectivity index (χ1) is 13.0. The van der Waals surface area contributed by atoms with E-state index in [1.165, 1.54) is 57.6 Å². The number of rotatable bonds is 5. The molecule has 1 aromatic heterocycles. The van der Waals surface area contributed by atoms with Crippen LogP contribution in [-0.4, -0.2) is 42.6 Å². The second-order valence-electron chi connectivity index (χ2n) is 8.58. The Morgan fingerprint density at radius 1 is 1.00 bits per heavy atom. The molecule has 2 aliphatic carbocycles. The molecule has 150 valence electrons. The number of hydrogen-bond donors (Lipinski definition) is 0. The fourth-order valence-electron chi connectivity index (χ4n) is 5.03. The Balaban J connectivity index is 1.18. The van der Waals surface area contributed by atoms with Crippen molar-refractivity contribution in [1.29, 1.82) is 0 Å². The topological polar surface area (TPSA) is 19.4 Å². The number of hydrogen-bond acceptors (Lipinski definition) is 3. The number of nitrogens with zero attached hydrogens (tertiary/aromatic N) is 3. The van der Waals surface area contributed by atoms with E-state index in [0.717, 1.165) is 56.2 Å². The molecular formula is C21H30F3N3. The molecule has 2 unspecified atom stereocenters. The Morgan fingerprint density at radius 2 is 1.74 bits per heavy atom. The highest BCUT2D eigenvalue weighted by molar-refractivity contribution is 5.40. The standard InChI is InChI=1S/C21H30F3N3/c22-21(23,24)18-6-7-20(25-15-18)27-12-10-26(11-13-27)9-8-17-14-19(17)16-4-2-1-3-5-16/h6-7,15-17,19H,1-5,8-14H2. The highest BCUT2D eigenvalue weighted by Gasteiger charge is 2.42. The zero-order chi connectivity index (χ0) is 18.9. The maximum Gasteiger partial charge on any atom is 0.417 e. The van der Waals surface area contributed by atoms with E-state index in [9.17, 15) is 13.2 Å². The minimum Gasteiger partial charge on any atom is -0.354 e. The van der Waals surface area contributed by atoms with Crippen molar-refractivity contribution in [2.24, 2.45) is 17.8 Å². The van der Waals surface area contributed by atoms with Crippen LogP contribution in [0.2, 0.25) is 0 Å². The summed E-state index contributed by atoms with van der Waals surface area (Å²) in [6, 6.07) is 2.63. The third-order valence-corrected chi connectivity index (χ3v) is 6.82. The third-order valence-electron chi connectivity index (χ3n) is 6.82. The van der Waals surface area contributed by atoms with Crippen molar-refractivity contribution in [2.75, 3.05) is 37.6 Å². The van der Waals surface area contributed by atoms with E-state index in [1.807, 2.05) is 0 Å². The molecule has 27 heavy (non-hydrogen) atoms. The maximum atomic E-state index is 12.7. The number of alkyl halides is 3. The monoisotopic (exact) mass is 381 g/mol. The number of anilines is 1. The lowest BCUT2D eigenvalue weighted by Crippen LogP contribution is -2.47. The zero-order valence-electron chi connectivity index (χ0n) is 15.9. The van der Waals surface area contributed by atoms with Gasteiger partial charge in [0.05, 0.1) is 5.56 Å². The number of aromatic nitrogens is 1. The SMILES string of the molecule is FC(F)(F)c1ccc(N2CCN(CCC3CC3C3CCCCC3)CC2)nc1. The Bertz CT molecular complexity index is 602. The van der Waals surface area contributed by atoms with E-state index in [2.05, 4.69) is 14.8 Å². The Labute approximate surface area is 159 Å². The van der Waals surface area contributed by atoms with Gasteiger partial charge in [-0.25, -0.2) is 4.98 Å². The molecule has 0 bridgehead atoms. The van der Waals surface area contributed by atoms with Crippen LogP contribution in [0.25, 0.3) is 0 Å². The Hall–Kier alpha value is -1.30. The summed E-state index contributed by atoms with van der Waals surface area (Å²) >= 11 is 0. The molecule has 0 aromatic carbocycles. The van der Waals surface area contributed by atoms with Gasteiger partial charge in [0.1, 0.15) is 5.82 Å². The van der Waals surface area contributed by atoms with Gasteiger partial charge in [0.25, 0.3) is 0 Å². The van der Waals surface area contributed by atoms with Gasteiger partial charge < -0.3 is 4.90 Å². The van der Waals surface area contributed by atoms with Crippen LogP contribution in [0.5, 0.6) is 0 Å². The van der Waals surface area contributed by atoms with Gasteiger partial charge in [-0.3, -0.25) is 4.90 Å². The van der Waals surface area contributed by atoms with E-state index in [0.29, 0.717) is 5.82 Å². The lowest BCUT2D eigenvalue weighted by molar-refractivity contribution is -0.137. The first-order valence-corrected chi connectivity index (χ1v) is 10.5. The summed E-state index contributed by atoms with van der Waals surface area (Å²) in [6.07, 6.45) is 6.62. The molecule has 1 aliphatic heterocycles. The van der Waals surface area contributed by atoms with Crippen molar-refractivity contribution in [3.8, 4) is 0 Å². The van der Waals surface area contributed by atoms with Crippen LogP contribution in [0.4, 0.5) is 19.0 Å². The lowest BCUT2D eigenvalue weighted by Gasteiger charge is -2.35. The smallest absolute Gasteiger partial charge is 0.354 e. The highest BCUT2D eigenvalue weighted by Crippen LogP contribution is 2.51. The highest BCUT2D eigenvalue weighted by atomic mass is 19.4. The van der Waals surface area contributed by atoms with Gasteiger partial charge in [0, 0.05) is 32.4 Å². The minimum atomic E-state index is -4.32. The van der Waals surface area contributed by atoms with Crippen LogP contribution >= 0.6 is 0 Å². The third kappa shape index (κ3) is 4.76. The molecule has 0 radical (unpaired) electrons. The molecule has 0 amide bonds. The summed E-state index contributed by atoms with van der Waals surface area (Å²) in [5, 5.41) is 0. The molecule has 3 aliphatic rings. The average Bonchev–Trinajstić information content (AvgIpc) is 3.47. The minimum absolute atomic E-state index is 0.655. The molecule has 2 heterocycles. The van der Waals surface area contributed by atoms with Crippen molar-refractivity contribution in [2.45, 2.75) is 51.1 Å². The van der Waals surface area contributed by atoms with Crippen LogP contribution in [0.1, 0.15) is 50.5 Å². The summed E-state index contributed by atoms with van der Waals surface area (Å²) in [5.74, 6) is 3.61. The maximum absolute atomic E-state index is 12.7. The van der Waals surface area contributed by atoms with E-state index in [4.69, 9.17) is 0 Å². The second kappa shape index (κ2) is 7.98. The summed E-state index contributed by atoms with van der Waals surface area (Å²) in [5.41, 5.74) is -0.679. The van der Waals surface area contributed by atoms with Gasteiger partial charge in [-0.2, -0.15) is 13.2 Å². The van der Waals surface area contributed by atoms with E-state index in [-0.39, 0.29) is 0 Å². The number of piperazine rings is 1. The lowest BCUT2D eigenvalue weighted by atomic mass is 9.85. The van der Waals surface area contributed by atoms with E-state index in [1.54, 1.807) is 0 Å². The van der Waals surface area contributed by atoms with Gasteiger partial charge in [-0.05, 0) is 49.3 Å². The van der Waals surface area contributed by atoms with Crippen LogP contribution in [-0.2, 0) is 6.18 Å². The largest absolute Gasteiger partial charge is 0.417 e. The molecule has 6 heteroatoms. The van der Waals surface area contributed by atoms with Gasteiger partial charge in [-0.1, -0.05) is 32.1 Å². The van der Waals surface area contributed by atoms with Crippen molar-refractivity contribution < 1.29 is 13.2 Å². The van der Waals surface area contributed by atoms with Gasteiger partial charge in [0.15, 0.2) is 0 Å². The van der Waals surface area contributed by atoms with Gasteiger partial charge in [0.2, 0.25) is 0 Å². The predicted octanol–water partition coefficient (Wildman–Crippen LogP) is 4.83. The molecule has 0 spiro atoms. The van der Waals surface area contributed by atoms with Crippen molar-refractivity contribution >= 4 is 5.82 Å². The summed E-state index contributed by atoms with van der Waals surface area (Å²) in [7, 11) is 0. The molecule has 2 saturated carbocycles. The Kier molecular flexibility index (Phi) is 5.62. The average molecular weight is 381 g/mol. The van der Waals surface area contributed by atoms with Crippen molar-refractivity contribution in [3.63, 3.8) is 0 Å². The second-order valence-corrected chi connectivity index (χ2v) is 8.58. The van der Waals surface area contributed by atoms with Crippen LogP contribution in [0.15, 0.2) is 18.3 Å². The first kappa shape index (κ1) is 19.0. The van der Waals surface area contributed by atoms with Crippen LogP contribution < -0.4 is 4.90 Å². The van der Waals surface area contributed by atoms with Crippen LogP contribution in [0, 0.1) is 17.8 Å². The zero-order valence-corrected chi connectivity index (χ0v) is 15.9. The van der Waals surface area contributed by atoms with Crippen molar-refractivity contribution in [1.82, 2.24) is 9.88 Å². The first-order valence-electron chi connectivity index (χ1n) is 10.5. The normalized spacial score (nSPS) is 27.7. The summed E-state index contributed by atoms with van der Waals surface area (Å²) in [6.45, 7) is 4.80. The summed E-state index contributed by atoms with van der Waals surface area (Å²) < 4.78 is 38.0. The fraction of sp³-hybridized carbons (Fsp3) is 0.762. The predicted molar refractivity (Wildman–Crippen MR) is 101 cm³/mol. The molecule has 4 rings (SSSR count). The Morgan fingerprint density at radius 3 is 2.37 bits per heavy atom. The molecule has 3 fully saturated rings. The molecule has 0 N–H and O–H groups in total. The fourth-order valence-corrected chi connectivity index (χ4v) is 5.03. The molecule has 3 nitrogen and oxygen atoms in total. The van der Waals surface area contributed by atoms with E-state index >= 15 is 0 Å². The molecule has 1 saturated heterocycles. The van der Waals surface area contributed by atoms with Crippen LogP contribution in [0.3, 0.4) is 0 Å². The van der Waals surface area contributed by atoms with Gasteiger partial charge in [-0.15, -0.1) is 0 Å². The molecule has 2 atom stereocenters. The quantitative estimate of drug-likeness (QED) is 0.728. The van der Waals surface area contributed by atoms with Gasteiger partial charge >= 0.3 is 6.18 Å².